The molecule has 1 N–H and O–H groups in total. The van der Waals surface area contributed by atoms with E-state index in [2.05, 4.69) is 35.7 Å². The average molecular weight is 292 g/mol. The van der Waals surface area contributed by atoms with Crippen molar-refractivity contribution in [3.05, 3.63) is 34.7 Å². The van der Waals surface area contributed by atoms with Crippen LogP contribution in [0.5, 0.6) is 0 Å². The number of nitrogens with zero attached hydrogens (tertiary/aromatic N) is 3. The summed E-state index contributed by atoms with van der Waals surface area (Å²) in [6.07, 6.45) is 1.70. The summed E-state index contributed by atoms with van der Waals surface area (Å²) in [5.41, 5.74) is 1.19. The van der Waals surface area contributed by atoms with Crippen LogP contribution in [-0.4, -0.2) is 40.2 Å². The number of aromatic nitrogens is 2. The van der Waals surface area contributed by atoms with Gasteiger partial charge in [0.05, 0.1) is 19.3 Å². The smallest absolute Gasteiger partial charge is 0.239 e. The second-order valence-electron chi connectivity index (χ2n) is 5.06. The van der Waals surface area contributed by atoms with Crippen molar-refractivity contribution in [3.63, 3.8) is 0 Å². The lowest BCUT2D eigenvalue weighted by Crippen LogP contribution is -2.35. The van der Waals surface area contributed by atoms with E-state index in [4.69, 9.17) is 0 Å². The molecule has 1 amide bonds. The van der Waals surface area contributed by atoms with Crippen LogP contribution in [0.4, 0.5) is 5.82 Å². The first-order valence-electron chi connectivity index (χ1n) is 6.59. The molecule has 0 aliphatic rings. The lowest BCUT2D eigenvalue weighted by Gasteiger charge is -2.20. The van der Waals surface area contributed by atoms with E-state index < -0.39 is 0 Å². The standard InChI is InChI=1S/C14H20N4OS/c1-11(2)17(3)9-14(19)16-13-4-6-15-18(13)8-12-5-7-20-10-12/h4-7,10-11H,8-9H2,1-3H3,(H,16,19). The SMILES string of the molecule is CC(C)N(C)CC(=O)Nc1ccnn1Cc1ccsc1. The fourth-order valence-electron chi connectivity index (χ4n) is 1.71. The number of anilines is 1. The van der Waals surface area contributed by atoms with Gasteiger partial charge in [0, 0.05) is 12.1 Å². The van der Waals surface area contributed by atoms with Gasteiger partial charge in [-0.1, -0.05) is 0 Å². The number of thiophene rings is 1. The maximum Gasteiger partial charge on any atom is 0.239 e. The number of likely N-dealkylation sites (N-methyl/N-ethyl adjacent to an activating group) is 1. The Kier molecular flexibility index (Phi) is 4.92. The fourth-order valence-corrected chi connectivity index (χ4v) is 2.37. The van der Waals surface area contributed by atoms with Crippen molar-refractivity contribution < 1.29 is 4.79 Å². The van der Waals surface area contributed by atoms with Gasteiger partial charge in [-0.3, -0.25) is 9.69 Å². The quantitative estimate of drug-likeness (QED) is 0.888. The van der Waals surface area contributed by atoms with Crippen LogP contribution < -0.4 is 5.32 Å². The molecule has 0 aromatic carbocycles. The van der Waals surface area contributed by atoms with Crippen LogP contribution in [0, 0.1) is 0 Å². The first-order chi connectivity index (χ1) is 9.56. The number of hydrogen-bond acceptors (Lipinski definition) is 4. The van der Waals surface area contributed by atoms with Crippen LogP contribution >= 0.6 is 11.3 Å². The molecule has 108 valence electrons. The Bertz CT molecular complexity index is 547. The number of amides is 1. The van der Waals surface area contributed by atoms with E-state index in [1.807, 2.05) is 23.4 Å². The average Bonchev–Trinajstić information content (AvgIpc) is 3.02. The van der Waals surface area contributed by atoms with E-state index in [1.165, 1.54) is 5.56 Å². The predicted molar refractivity (Wildman–Crippen MR) is 82.0 cm³/mol. The van der Waals surface area contributed by atoms with Crippen molar-refractivity contribution in [2.45, 2.75) is 26.4 Å². The molecular formula is C14H20N4OS. The molecule has 0 fully saturated rings. The molecule has 0 radical (unpaired) electrons. The fraction of sp³-hybridized carbons (Fsp3) is 0.429. The highest BCUT2D eigenvalue weighted by Gasteiger charge is 2.12. The van der Waals surface area contributed by atoms with Crippen molar-refractivity contribution >= 4 is 23.1 Å². The van der Waals surface area contributed by atoms with Gasteiger partial charge in [0.25, 0.3) is 0 Å². The lowest BCUT2D eigenvalue weighted by atomic mass is 10.3. The summed E-state index contributed by atoms with van der Waals surface area (Å²) >= 11 is 1.66. The van der Waals surface area contributed by atoms with Gasteiger partial charge in [-0.05, 0) is 43.3 Å². The molecule has 0 saturated heterocycles. The Morgan fingerprint density at radius 3 is 2.95 bits per heavy atom. The van der Waals surface area contributed by atoms with E-state index in [9.17, 15) is 4.79 Å². The number of rotatable bonds is 6. The largest absolute Gasteiger partial charge is 0.310 e. The summed E-state index contributed by atoms with van der Waals surface area (Å²) in [6, 6.07) is 4.22. The summed E-state index contributed by atoms with van der Waals surface area (Å²) in [4.78, 5) is 14.0. The molecule has 0 bridgehead atoms. The zero-order valence-electron chi connectivity index (χ0n) is 12.0. The maximum atomic E-state index is 12.0. The van der Waals surface area contributed by atoms with Gasteiger partial charge in [0.2, 0.25) is 5.91 Å². The summed E-state index contributed by atoms with van der Waals surface area (Å²) in [5.74, 6) is 0.714. The molecule has 0 aliphatic heterocycles. The zero-order valence-corrected chi connectivity index (χ0v) is 12.9. The van der Waals surface area contributed by atoms with Crippen molar-refractivity contribution in [1.82, 2.24) is 14.7 Å². The van der Waals surface area contributed by atoms with Crippen molar-refractivity contribution in [2.24, 2.45) is 0 Å². The van der Waals surface area contributed by atoms with Gasteiger partial charge >= 0.3 is 0 Å². The molecular weight excluding hydrogens is 272 g/mol. The molecule has 2 aromatic heterocycles. The van der Waals surface area contributed by atoms with Crippen LogP contribution in [0.3, 0.4) is 0 Å². The Morgan fingerprint density at radius 1 is 1.50 bits per heavy atom. The summed E-state index contributed by atoms with van der Waals surface area (Å²) < 4.78 is 1.80. The third-order valence-electron chi connectivity index (χ3n) is 3.17. The van der Waals surface area contributed by atoms with E-state index >= 15 is 0 Å². The minimum absolute atomic E-state index is 0.0201. The normalized spacial score (nSPS) is 11.2. The molecule has 0 unspecified atom stereocenters. The van der Waals surface area contributed by atoms with Crippen LogP contribution in [0.15, 0.2) is 29.1 Å². The van der Waals surface area contributed by atoms with Crippen molar-refractivity contribution in [1.29, 1.82) is 0 Å². The Balaban J connectivity index is 1.96. The third kappa shape index (κ3) is 3.91. The molecule has 2 aromatic rings. The topological polar surface area (TPSA) is 50.2 Å². The highest BCUT2D eigenvalue weighted by atomic mass is 32.1. The molecule has 20 heavy (non-hydrogen) atoms. The second kappa shape index (κ2) is 6.67. The predicted octanol–water partition coefficient (Wildman–Crippen LogP) is 2.27. The second-order valence-corrected chi connectivity index (χ2v) is 5.84. The third-order valence-corrected chi connectivity index (χ3v) is 3.90. The van der Waals surface area contributed by atoms with Gasteiger partial charge in [0.15, 0.2) is 0 Å². The molecule has 5 nitrogen and oxygen atoms in total. The summed E-state index contributed by atoms with van der Waals surface area (Å²) in [7, 11) is 1.94. The molecule has 2 heterocycles. The number of carbonyl (C=O) groups excluding carboxylic acids is 1. The molecule has 2 rings (SSSR count). The number of nitrogens with one attached hydrogen (secondary N) is 1. The lowest BCUT2D eigenvalue weighted by molar-refractivity contribution is -0.117. The van der Waals surface area contributed by atoms with Crippen LogP contribution in [0.25, 0.3) is 0 Å². The first kappa shape index (κ1) is 14.7. The van der Waals surface area contributed by atoms with Gasteiger partial charge in [-0.15, -0.1) is 0 Å². The van der Waals surface area contributed by atoms with Crippen molar-refractivity contribution in [2.75, 3.05) is 18.9 Å². The monoisotopic (exact) mass is 292 g/mol. The molecule has 6 heteroatoms. The number of hydrogen-bond donors (Lipinski definition) is 1. The molecule has 0 atom stereocenters. The Morgan fingerprint density at radius 2 is 2.30 bits per heavy atom. The van der Waals surface area contributed by atoms with Gasteiger partial charge in [-0.25, -0.2) is 4.68 Å². The highest BCUT2D eigenvalue weighted by molar-refractivity contribution is 7.07. The zero-order chi connectivity index (χ0) is 14.5. The minimum Gasteiger partial charge on any atom is -0.310 e. The van der Waals surface area contributed by atoms with E-state index in [0.29, 0.717) is 19.1 Å². The van der Waals surface area contributed by atoms with Gasteiger partial charge in [0.1, 0.15) is 5.82 Å². The molecule has 0 spiro atoms. The highest BCUT2D eigenvalue weighted by Crippen LogP contribution is 2.12. The molecule has 0 aliphatic carbocycles. The van der Waals surface area contributed by atoms with Crippen LogP contribution in [0.2, 0.25) is 0 Å². The van der Waals surface area contributed by atoms with Crippen LogP contribution in [-0.2, 0) is 11.3 Å². The summed E-state index contributed by atoms with van der Waals surface area (Å²) in [5, 5.41) is 11.3. The summed E-state index contributed by atoms with van der Waals surface area (Å²) in [6.45, 7) is 5.18. The van der Waals surface area contributed by atoms with E-state index in [0.717, 1.165) is 5.82 Å². The van der Waals surface area contributed by atoms with Crippen molar-refractivity contribution in [3.8, 4) is 0 Å². The van der Waals surface area contributed by atoms with Crippen LogP contribution in [0.1, 0.15) is 19.4 Å². The first-order valence-corrected chi connectivity index (χ1v) is 7.53. The molecule has 0 saturated carbocycles. The number of carbonyl (C=O) groups is 1. The minimum atomic E-state index is -0.0201. The van der Waals surface area contributed by atoms with E-state index in [1.54, 1.807) is 22.2 Å². The van der Waals surface area contributed by atoms with Gasteiger partial charge < -0.3 is 5.32 Å². The Labute approximate surface area is 123 Å². The maximum absolute atomic E-state index is 12.0. The van der Waals surface area contributed by atoms with Gasteiger partial charge in [-0.2, -0.15) is 16.4 Å². The van der Waals surface area contributed by atoms with E-state index in [-0.39, 0.29) is 5.91 Å². The Hall–Kier alpha value is -1.66.